The second kappa shape index (κ2) is 4.98. The van der Waals surface area contributed by atoms with Gasteiger partial charge in [0.05, 0.1) is 17.4 Å². The molecular formula is C14H13F3N2O2. The number of hydrogen-bond donors (Lipinski definition) is 0. The number of nitrogens with zero attached hydrogens (tertiary/aromatic N) is 2. The molecule has 112 valence electrons. The second-order valence-corrected chi connectivity index (χ2v) is 4.93. The fourth-order valence-corrected chi connectivity index (χ4v) is 2.59. The Morgan fingerprint density at radius 3 is 2.43 bits per heavy atom. The zero-order chi connectivity index (χ0) is 15.0. The molecule has 0 bridgehead atoms. The molecule has 1 fully saturated rings. The van der Waals surface area contributed by atoms with Crippen molar-refractivity contribution in [2.24, 2.45) is 0 Å². The minimum absolute atomic E-state index is 0.143. The summed E-state index contributed by atoms with van der Waals surface area (Å²) in [5.74, 6) is -0.711. The van der Waals surface area contributed by atoms with Crippen LogP contribution in [0.25, 0.3) is 5.69 Å². The van der Waals surface area contributed by atoms with Gasteiger partial charge >= 0.3 is 11.9 Å². The Morgan fingerprint density at radius 1 is 1.14 bits per heavy atom. The van der Waals surface area contributed by atoms with E-state index in [0.717, 1.165) is 29.7 Å². The molecule has 7 heteroatoms. The van der Waals surface area contributed by atoms with Gasteiger partial charge in [0.25, 0.3) is 0 Å². The van der Waals surface area contributed by atoms with Crippen molar-refractivity contribution in [1.82, 2.24) is 4.57 Å². The van der Waals surface area contributed by atoms with Gasteiger partial charge in [0.2, 0.25) is 0 Å². The third-order valence-electron chi connectivity index (χ3n) is 3.59. The maximum atomic E-state index is 13.3. The van der Waals surface area contributed by atoms with Crippen molar-refractivity contribution >= 4 is 5.69 Å². The molecule has 0 radical (unpaired) electrons. The van der Waals surface area contributed by atoms with Gasteiger partial charge in [-0.15, -0.1) is 0 Å². The predicted molar refractivity (Wildman–Crippen MR) is 70.8 cm³/mol. The van der Waals surface area contributed by atoms with Gasteiger partial charge in [-0.25, -0.2) is 9.36 Å². The van der Waals surface area contributed by atoms with Gasteiger partial charge in [-0.2, -0.15) is 13.2 Å². The molecule has 1 aromatic heterocycles. The van der Waals surface area contributed by atoms with Gasteiger partial charge in [-0.3, -0.25) is 0 Å². The maximum Gasteiger partial charge on any atom is 0.423 e. The van der Waals surface area contributed by atoms with Crippen LogP contribution in [0.15, 0.2) is 39.9 Å². The molecule has 2 heterocycles. The van der Waals surface area contributed by atoms with Crippen LogP contribution in [-0.4, -0.2) is 17.7 Å². The molecule has 0 atom stereocenters. The average Bonchev–Trinajstić information content (AvgIpc) is 3.08. The summed E-state index contributed by atoms with van der Waals surface area (Å²) in [5, 5.41) is 0. The summed E-state index contributed by atoms with van der Waals surface area (Å²) in [6.45, 7) is 1.24. The van der Waals surface area contributed by atoms with Gasteiger partial charge < -0.3 is 9.32 Å². The fourth-order valence-electron chi connectivity index (χ4n) is 2.59. The number of aromatic nitrogens is 1. The third kappa shape index (κ3) is 2.55. The first kappa shape index (κ1) is 13.8. The molecule has 1 aromatic carbocycles. The van der Waals surface area contributed by atoms with Crippen LogP contribution in [0.3, 0.4) is 0 Å². The minimum Gasteiger partial charge on any atom is -0.416 e. The lowest BCUT2D eigenvalue weighted by Gasteiger charge is -2.23. The minimum atomic E-state index is -4.47. The molecule has 0 amide bonds. The Kier molecular flexibility index (Phi) is 3.27. The third-order valence-corrected chi connectivity index (χ3v) is 3.59. The van der Waals surface area contributed by atoms with E-state index >= 15 is 0 Å². The Hall–Kier alpha value is -2.18. The zero-order valence-corrected chi connectivity index (χ0v) is 11.1. The van der Waals surface area contributed by atoms with Crippen LogP contribution in [0, 0.1) is 0 Å². The Labute approximate surface area is 118 Å². The predicted octanol–water partition coefficient (Wildman–Crippen LogP) is 3.05. The Balaban J connectivity index is 2.11. The highest BCUT2D eigenvalue weighted by Gasteiger charge is 2.36. The summed E-state index contributed by atoms with van der Waals surface area (Å²) in [5.41, 5.74) is -0.417. The number of anilines is 1. The lowest BCUT2D eigenvalue weighted by molar-refractivity contribution is -0.137. The van der Waals surface area contributed by atoms with E-state index in [0.29, 0.717) is 13.1 Å². The van der Waals surface area contributed by atoms with Gasteiger partial charge in [0.1, 0.15) is 6.26 Å². The van der Waals surface area contributed by atoms with Crippen LogP contribution in [0.2, 0.25) is 0 Å². The monoisotopic (exact) mass is 298 g/mol. The van der Waals surface area contributed by atoms with Crippen molar-refractivity contribution in [2.45, 2.75) is 19.0 Å². The number of rotatable bonds is 2. The quantitative estimate of drug-likeness (QED) is 0.855. The van der Waals surface area contributed by atoms with E-state index in [9.17, 15) is 18.0 Å². The summed E-state index contributed by atoms with van der Waals surface area (Å²) in [7, 11) is 0. The highest BCUT2D eigenvalue weighted by Crippen LogP contribution is 2.38. The van der Waals surface area contributed by atoms with E-state index in [2.05, 4.69) is 4.42 Å². The summed E-state index contributed by atoms with van der Waals surface area (Å²) in [4.78, 5) is 13.2. The molecular weight excluding hydrogens is 285 g/mol. The van der Waals surface area contributed by atoms with Crippen molar-refractivity contribution in [3.63, 3.8) is 0 Å². The summed E-state index contributed by atoms with van der Waals surface area (Å²) >= 11 is 0. The molecule has 0 N–H and O–H groups in total. The standard InChI is InChI=1S/C14H13F3N2O2/c15-14(16,17)11-9-10(19-7-8-21-13(19)20)3-4-12(11)18-5-1-2-6-18/h3-4,7-9H,1-2,5-6H2. The molecule has 21 heavy (non-hydrogen) atoms. The number of benzene rings is 1. The van der Waals surface area contributed by atoms with Crippen molar-refractivity contribution in [3.8, 4) is 5.69 Å². The number of oxazole rings is 1. The molecule has 0 spiro atoms. The Bertz CT molecular complexity index is 697. The van der Waals surface area contributed by atoms with Crippen LogP contribution >= 0.6 is 0 Å². The highest BCUT2D eigenvalue weighted by atomic mass is 19.4. The van der Waals surface area contributed by atoms with E-state index in [1.807, 2.05) is 0 Å². The molecule has 1 saturated heterocycles. The van der Waals surface area contributed by atoms with Crippen molar-refractivity contribution in [3.05, 3.63) is 46.8 Å². The smallest absolute Gasteiger partial charge is 0.416 e. The normalized spacial score (nSPS) is 15.7. The topological polar surface area (TPSA) is 38.4 Å². The first-order chi connectivity index (χ1) is 9.97. The average molecular weight is 298 g/mol. The van der Waals surface area contributed by atoms with Crippen LogP contribution in [0.5, 0.6) is 0 Å². The van der Waals surface area contributed by atoms with Crippen LogP contribution in [-0.2, 0) is 6.18 Å². The fraction of sp³-hybridized carbons (Fsp3) is 0.357. The van der Waals surface area contributed by atoms with Gasteiger partial charge in [-0.05, 0) is 31.0 Å². The highest BCUT2D eigenvalue weighted by molar-refractivity contribution is 5.59. The molecule has 4 nitrogen and oxygen atoms in total. The SMILES string of the molecule is O=c1occn1-c1ccc(N2CCCC2)c(C(F)(F)F)c1. The second-order valence-electron chi connectivity index (χ2n) is 4.93. The number of alkyl halides is 3. The van der Waals surface area contributed by atoms with Gasteiger partial charge in [0.15, 0.2) is 0 Å². The molecule has 2 aromatic rings. The van der Waals surface area contributed by atoms with Gasteiger partial charge in [-0.1, -0.05) is 0 Å². The van der Waals surface area contributed by atoms with Crippen LogP contribution in [0.4, 0.5) is 18.9 Å². The van der Waals surface area contributed by atoms with Crippen molar-refractivity contribution in [1.29, 1.82) is 0 Å². The van der Waals surface area contributed by atoms with E-state index in [4.69, 9.17) is 0 Å². The molecule has 1 aliphatic rings. The molecule has 3 rings (SSSR count). The lowest BCUT2D eigenvalue weighted by atomic mass is 10.1. The molecule has 0 saturated carbocycles. The first-order valence-corrected chi connectivity index (χ1v) is 6.59. The largest absolute Gasteiger partial charge is 0.423 e. The molecule has 1 aliphatic heterocycles. The molecule has 0 unspecified atom stereocenters. The van der Waals surface area contributed by atoms with Crippen LogP contribution in [0.1, 0.15) is 18.4 Å². The zero-order valence-electron chi connectivity index (χ0n) is 11.1. The van der Waals surface area contributed by atoms with Crippen LogP contribution < -0.4 is 10.7 Å². The number of halogens is 3. The summed E-state index contributed by atoms with van der Waals surface area (Å²) in [6.07, 6.45) is -0.251. The Morgan fingerprint density at radius 2 is 1.86 bits per heavy atom. The van der Waals surface area contributed by atoms with E-state index < -0.39 is 17.5 Å². The molecule has 0 aliphatic carbocycles. The summed E-state index contributed by atoms with van der Waals surface area (Å²) < 4.78 is 45.5. The van der Waals surface area contributed by atoms with E-state index in [1.165, 1.54) is 18.3 Å². The first-order valence-electron chi connectivity index (χ1n) is 6.59. The maximum absolute atomic E-state index is 13.3. The van der Waals surface area contributed by atoms with E-state index in [-0.39, 0.29) is 11.4 Å². The lowest BCUT2D eigenvalue weighted by Crippen LogP contribution is -2.22. The van der Waals surface area contributed by atoms with Crippen molar-refractivity contribution in [2.75, 3.05) is 18.0 Å². The van der Waals surface area contributed by atoms with Crippen molar-refractivity contribution < 1.29 is 17.6 Å². The van der Waals surface area contributed by atoms with Gasteiger partial charge in [0, 0.05) is 18.8 Å². The number of hydrogen-bond acceptors (Lipinski definition) is 3. The van der Waals surface area contributed by atoms with E-state index in [1.54, 1.807) is 4.90 Å². The summed E-state index contributed by atoms with van der Waals surface area (Å²) in [6, 6.07) is 3.91.